The van der Waals surface area contributed by atoms with Crippen LogP contribution in [0.3, 0.4) is 0 Å². The first-order chi connectivity index (χ1) is 7.61. The maximum Gasteiger partial charge on any atom is 1.00 e. The second-order valence-electron chi connectivity index (χ2n) is 4.21. The molecular formula is C13H15ClHgO3. The zero-order valence-electron chi connectivity index (χ0n) is 10.3. The molecule has 1 aliphatic heterocycles. The molecule has 3 nitrogen and oxygen atoms in total. The average molecular weight is 455 g/mol. The first-order valence-electron chi connectivity index (χ1n) is 5.38. The first-order valence-corrected chi connectivity index (χ1v) is 5.38. The van der Waals surface area contributed by atoms with E-state index >= 15 is 0 Å². The summed E-state index contributed by atoms with van der Waals surface area (Å²) < 4.78 is 5.31. The normalized spacial score (nSPS) is 30.7. The number of carbonyl (C=O) groups is 1. The molecule has 0 saturated carbocycles. The second-order valence-corrected chi connectivity index (χ2v) is 4.21. The minimum Gasteiger partial charge on any atom is -1.00 e. The molecule has 0 amide bonds. The van der Waals surface area contributed by atoms with Crippen molar-refractivity contribution in [2.24, 2.45) is 11.8 Å². The topological polar surface area (TPSA) is 46.5 Å². The first kappa shape index (κ1) is 17.9. The Kier molecular flexibility index (Phi) is 7.41. The monoisotopic (exact) mass is 456 g/mol. The van der Waals surface area contributed by atoms with Crippen molar-refractivity contribution in [1.82, 2.24) is 0 Å². The smallest absolute Gasteiger partial charge is 1.00 e. The average Bonchev–Trinajstić information content (AvgIpc) is 2.32. The zero-order valence-corrected chi connectivity index (χ0v) is 16.5. The molecule has 1 saturated heterocycles. The Morgan fingerprint density at radius 1 is 1.28 bits per heavy atom. The molecule has 2 rings (SSSR count). The molecule has 0 aromatic heterocycles. The summed E-state index contributed by atoms with van der Waals surface area (Å²) in [7, 11) is 0. The van der Waals surface area contributed by atoms with Gasteiger partial charge >= 0.3 is 33.6 Å². The number of aliphatic hydroxyl groups excluding tert-OH is 1. The van der Waals surface area contributed by atoms with E-state index in [0.29, 0.717) is 0 Å². The van der Waals surface area contributed by atoms with Gasteiger partial charge in [0.15, 0.2) is 0 Å². The molecule has 1 heterocycles. The standard InChI is InChI=1S/C13H15O3.ClH.Hg/c1-8-11(14)9(2)13(15)16-12(8)10-6-4-3-5-7-10;;/h3-9,11-12,14H,1H2,2H3;1H;/q;;+1/p-1/t8-,9+,11-,12-;;/m1../s1. The fraction of sp³-hybridized carbons (Fsp3) is 0.385. The summed E-state index contributed by atoms with van der Waals surface area (Å²) in [6.45, 7) is 5.55. The summed E-state index contributed by atoms with van der Waals surface area (Å²) in [6, 6.07) is 9.39. The predicted octanol–water partition coefficient (Wildman–Crippen LogP) is -1.27. The van der Waals surface area contributed by atoms with Gasteiger partial charge < -0.3 is 22.3 Å². The second kappa shape index (κ2) is 7.46. The van der Waals surface area contributed by atoms with Gasteiger partial charge in [-0.2, -0.15) is 0 Å². The number of esters is 1. The van der Waals surface area contributed by atoms with Gasteiger partial charge in [-0.25, -0.2) is 0 Å². The Bertz CT molecular complexity index is 385. The Hall–Kier alpha value is -0.125. The molecule has 1 fully saturated rings. The van der Waals surface area contributed by atoms with Gasteiger partial charge in [0.1, 0.15) is 6.10 Å². The Labute approximate surface area is 134 Å². The third-order valence-corrected chi connectivity index (χ3v) is 3.08. The van der Waals surface area contributed by atoms with Crippen molar-refractivity contribution < 1.29 is 54.7 Å². The van der Waals surface area contributed by atoms with Gasteiger partial charge in [0.05, 0.1) is 12.0 Å². The van der Waals surface area contributed by atoms with E-state index in [9.17, 15) is 9.90 Å². The molecule has 18 heavy (non-hydrogen) atoms. The van der Waals surface area contributed by atoms with Crippen LogP contribution in [0.15, 0.2) is 30.3 Å². The number of benzene rings is 1. The number of ether oxygens (including phenoxy) is 1. The van der Waals surface area contributed by atoms with Crippen LogP contribution in [0.1, 0.15) is 18.6 Å². The minimum absolute atomic E-state index is 0. The quantitative estimate of drug-likeness (QED) is 0.425. The fourth-order valence-electron chi connectivity index (χ4n) is 1.97. The van der Waals surface area contributed by atoms with Crippen LogP contribution in [0.4, 0.5) is 0 Å². The van der Waals surface area contributed by atoms with Crippen molar-refractivity contribution >= 4 is 5.97 Å². The van der Waals surface area contributed by atoms with Crippen molar-refractivity contribution in [3.8, 4) is 0 Å². The van der Waals surface area contributed by atoms with Crippen LogP contribution in [0.5, 0.6) is 0 Å². The summed E-state index contributed by atoms with van der Waals surface area (Å²) in [5, 5.41) is 9.89. The van der Waals surface area contributed by atoms with Crippen LogP contribution in [0.2, 0.25) is 0 Å². The van der Waals surface area contributed by atoms with Gasteiger partial charge in [-0.1, -0.05) is 30.3 Å². The Morgan fingerprint density at radius 3 is 2.39 bits per heavy atom. The van der Waals surface area contributed by atoms with Crippen LogP contribution < -0.4 is 12.4 Å². The Morgan fingerprint density at radius 2 is 1.83 bits per heavy atom. The number of halogens is 1. The van der Waals surface area contributed by atoms with E-state index in [1.54, 1.807) is 6.92 Å². The van der Waals surface area contributed by atoms with E-state index in [1.165, 1.54) is 0 Å². The van der Waals surface area contributed by atoms with E-state index in [-0.39, 0.29) is 52.0 Å². The fourth-order valence-corrected chi connectivity index (χ4v) is 1.97. The molecular weight excluding hydrogens is 440 g/mol. The molecule has 94 valence electrons. The van der Waals surface area contributed by atoms with Gasteiger partial charge in [-0.15, -0.1) is 0 Å². The van der Waals surface area contributed by atoms with Crippen LogP contribution in [-0.4, -0.2) is 17.2 Å². The molecule has 1 aromatic rings. The summed E-state index contributed by atoms with van der Waals surface area (Å²) >= 11 is 0. The number of carbonyl (C=O) groups excluding carboxylic acids is 1. The van der Waals surface area contributed by atoms with Crippen LogP contribution in [0.25, 0.3) is 0 Å². The van der Waals surface area contributed by atoms with E-state index in [1.807, 2.05) is 30.3 Å². The number of hydrogen-bond acceptors (Lipinski definition) is 3. The largest absolute Gasteiger partial charge is 1.00 e. The van der Waals surface area contributed by atoms with Gasteiger partial charge in [0.25, 0.3) is 0 Å². The molecule has 0 aliphatic carbocycles. The Balaban J connectivity index is 0.00000144. The zero-order chi connectivity index (χ0) is 11.7. The number of rotatable bonds is 1. The third-order valence-electron chi connectivity index (χ3n) is 3.08. The van der Waals surface area contributed by atoms with Gasteiger partial charge in [-0.05, 0) is 19.4 Å². The van der Waals surface area contributed by atoms with Crippen LogP contribution >= 0.6 is 0 Å². The maximum atomic E-state index is 11.5. The molecule has 4 atom stereocenters. The number of aliphatic hydroxyl groups is 1. The maximum absolute atomic E-state index is 11.5. The van der Waals surface area contributed by atoms with Gasteiger partial charge in [-0.3, -0.25) is 4.79 Å². The van der Waals surface area contributed by atoms with Gasteiger partial charge in [0.2, 0.25) is 0 Å². The van der Waals surface area contributed by atoms with E-state index in [2.05, 4.69) is 6.92 Å². The van der Waals surface area contributed by atoms with Crippen LogP contribution in [-0.2, 0) is 37.2 Å². The SMILES string of the molecule is [CH2][C@@H]1[C@@H](O)[C@H](C)C(=O)O[C@H]1c1ccccc1.[Cl-].[Hg+]. The van der Waals surface area contributed by atoms with Gasteiger partial charge in [0, 0.05) is 5.92 Å². The minimum atomic E-state index is -0.744. The predicted molar refractivity (Wildman–Crippen MR) is 59.3 cm³/mol. The molecule has 1 aliphatic rings. The molecule has 1 aromatic carbocycles. The molecule has 0 unspecified atom stereocenters. The summed E-state index contributed by atoms with van der Waals surface area (Å²) in [5.74, 6) is -1.18. The third kappa shape index (κ3) is 3.46. The van der Waals surface area contributed by atoms with Crippen molar-refractivity contribution in [2.45, 2.75) is 19.1 Å². The van der Waals surface area contributed by atoms with Crippen LogP contribution in [0, 0.1) is 18.8 Å². The molecule has 1 N–H and O–H groups in total. The summed E-state index contributed by atoms with van der Waals surface area (Å²) in [5.41, 5.74) is 0.877. The number of cyclic esters (lactones) is 1. The van der Waals surface area contributed by atoms with E-state index in [4.69, 9.17) is 4.74 Å². The molecule has 5 heteroatoms. The van der Waals surface area contributed by atoms with Crippen molar-refractivity contribution in [3.63, 3.8) is 0 Å². The molecule has 0 spiro atoms. The summed E-state index contributed by atoms with van der Waals surface area (Å²) in [6.07, 6.45) is -1.19. The molecule has 0 bridgehead atoms. The van der Waals surface area contributed by atoms with E-state index < -0.39 is 18.1 Å². The molecule has 2 radical (unpaired) electrons. The summed E-state index contributed by atoms with van der Waals surface area (Å²) in [4.78, 5) is 11.5. The number of hydrogen-bond donors (Lipinski definition) is 1. The van der Waals surface area contributed by atoms with Crippen molar-refractivity contribution in [3.05, 3.63) is 42.8 Å². The van der Waals surface area contributed by atoms with E-state index in [0.717, 1.165) is 5.56 Å². The van der Waals surface area contributed by atoms with Crippen molar-refractivity contribution in [2.75, 3.05) is 0 Å². The van der Waals surface area contributed by atoms with Crippen molar-refractivity contribution in [1.29, 1.82) is 0 Å².